The molecule has 0 spiro atoms. The normalized spacial score (nSPS) is 21.8. The maximum atomic E-state index is 13.7. The summed E-state index contributed by atoms with van der Waals surface area (Å²) in [6.07, 6.45) is 8.97. The molecule has 1 aromatic carbocycles. The van der Waals surface area contributed by atoms with E-state index in [4.69, 9.17) is 0 Å². The summed E-state index contributed by atoms with van der Waals surface area (Å²) in [4.78, 5) is 15.8. The number of hydrogen-bond acceptors (Lipinski definition) is 4. The highest BCUT2D eigenvalue weighted by molar-refractivity contribution is 7.98. The average Bonchev–Trinajstić information content (AvgIpc) is 3.39. The molecule has 0 radical (unpaired) electrons. The smallest absolute Gasteiger partial charge is 0.230 e. The van der Waals surface area contributed by atoms with E-state index in [0.29, 0.717) is 11.8 Å². The molecule has 28 heavy (non-hydrogen) atoms. The molecule has 2 aliphatic rings. The van der Waals surface area contributed by atoms with Gasteiger partial charge in [-0.05, 0) is 43.4 Å². The van der Waals surface area contributed by atoms with E-state index < -0.39 is 0 Å². The molecular weight excluding hydrogens is 368 g/mol. The van der Waals surface area contributed by atoms with Crippen molar-refractivity contribution in [3.8, 4) is 0 Å². The number of nitrogens with zero attached hydrogens (tertiary/aromatic N) is 4. The highest BCUT2D eigenvalue weighted by Gasteiger charge is 2.37. The minimum atomic E-state index is 0.00343. The van der Waals surface area contributed by atoms with E-state index in [1.54, 1.807) is 11.8 Å². The SMILES string of the molecule is CSc1nnc([C@@H]2CCCN(C(=O)[C@@H](c3ccccc3)C3CCCC3)C2)n1C. The first-order valence-corrected chi connectivity index (χ1v) is 11.7. The molecule has 2 aromatic rings. The Morgan fingerprint density at radius 3 is 2.54 bits per heavy atom. The molecule has 2 fully saturated rings. The van der Waals surface area contributed by atoms with Crippen LogP contribution in [0.2, 0.25) is 0 Å². The average molecular weight is 399 g/mol. The Bertz CT molecular complexity index is 800. The number of rotatable bonds is 5. The standard InChI is InChI=1S/C22H30N4OS/c1-25-20(23-24-22(25)28-2)18-13-8-14-26(15-18)21(27)19(17-11-6-7-12-17)16-9-4-3-5-10-16/h3-5,9-10,17-19H,6-8,11-15H2,1-2H3/t18-,19+/m1/s1. The van der Waals surface area contributed by atoms with E-state index >= 15 is 0 Å². The predicted octanol–water partition coefficient (Wildman–Crippen LogP) is 4.22. The first-order valence-electron chi connectivity index (χ1n) is 10.5. The third-order valence-corrected chi connectivity index (χ3v) is 7.17. The van der Waals surface area contributed by atoms with Gasteiger partial charge in [0, 0.05) is 26.1 Å². The highest BCUT2D eigenvalue weighted by atomic mass is 32.2. The van der Waals surface area contributed by atoms with Crippen LogP contribution in [-0.2, 0) is 11.8 Å². The van der Waals surface area contributed by atoms with Gasteiger partial charge in [-0.2, -0.15) is 0 Å². The zero-order valence-corrected chi connectivity index (χ0v) is 17.7. The molecule has 1 aliphatic heterocycles. The van der Waals surface area contributed by atoms with Crippen LogP contribution >= 0.6 is 11.8 Å². The molecule has 1 saturated carbocycles. The van der Waals surface area contributed by atoms with Gasteiger partial charge in [0.15, 0.2) is 5.16 Å². The van der Waals surface area contributed by atoms with Crippen LogP contribution < -0.4 is 0 Å². The maximum Gasteiger partial charge on any atom is 0.230 e. The van der Waals surface area contributed by atoms with E-state index in [-0.39, 0.29) is 11.8 Å². The number of amides is 1. The summed E-state index contributed by atoms with van der Waals surface area (Å²) in [5.74, 6) is 2.09. The minimum Gasteiger partial charge on any atom is -0.341 e. The molecule has 2 atom stereocenters. The molecule has 0 N–H and O–H groups in total. The van der Waals surface area contributed by atoms with Crippen LogP contribution in [0.5, 0.6) is 0 Å². The zero-order chi connectivity index (χ0) is 19.5. The monoisotopic (exact) mass is 398 g/mol. The second-order valence-corrected chi connectivity index (χ2v) is 8.93. The van der Waals surface area contributed by atoms with Gasteiger partial charge in [-0.15, -0.1) is 10.2 Å². The Morgan fingerprint density at radius 2 is 1.86 bits per heavy atom. The molecular formula is C22H30N4OS. The molecule has 0 unspecified atom stereocenters. The van der Waals surface area contributed by atoms with Crippen LogP contribution in [0.3, 0.4) is 0 Å². The molecule has 1 aliphatic carbocycles. The van der Waals surface area contributed by atoms with E-state index in [1.165, 1.54) is 31.2 Å². The lowest BCUT2D eigenvalue weighted by Crippen LogP contribution is -2.43. The number of carbonyl (C=O) groups excluding carboxylic acids is 1. The number of thioether (sulfide) groups is 1. The van der Waals surface area contributed by atoms with Crippen molar-refractivity contribution < 1.29 is 4.79 Å². The van der Waals surface area contributed by atoms with Crippen molar-refractivity contribution in [3.63, 3.8) is 0 Å². The topological polar surface area (TPSA) is 51.0 Å². The van der Waals surface area contributed by atoms with Crippen LogP contribution in [0.25, 0.3) is 0 Å². The van der Waals surface area contributed by atoms with Gasteiger partial charge in [-0.3, -0.25) is 4.79 Å². The van der Waals surface area contributed by atoms with Crippen molar-refractivity contribution in [2.75, 3.05) is 19.3 Å². The van der Waals surface area contributed by atoms with Gasteiger partial charge in [0.1, 0.15) is 5.82 Å². The van der Waals surface area contributed by atoms with E-state index in [9.17, 15) is 4.79 Å². The summed E-state index contributed by atoms with van der Waals surface area (Å²) < 4.78 is 2.09. The van der Waals surface area contributed by atoms with Crippen molar-refractivity contribution in [2.24, 2.45) is 13.0 Å². The fourth-order valence-corrected chi connectivity index (χ4v) is 5.50. The summed E-state index contributed by atoms with van der Waals surface area (Å²) in [5.41, 5.74) is 1.19. The number of benzene rings is 1. The molecule has 5 nitrogen and oxygen atoms in total. The number of hydrogen-bond donors (Lipinski definition) is 0. The fourth-order valence-electron chi connectivity index (χ4n) is 5.01. The minimum absolute atomic E-state index is 0.00343. The molecule has 1 amide bonds. The summed E-state index contributed by atoms with van der Waals surface area (Å²) in [6, 6.07) is 10.4. The van der Waals surface area contributed by atoms with Crippen molar-refractivity contribution in [1.29, 1.82) is 0 Å². The summed E-state index contributed by atoms with van der Waals surface area (Å²) >= 11 is 1.62. The predicted molar refractivity (Wildman–Crippen MR) is 112 cm³/mol. The molecule has 1 aromatic heterocycles. The highest BCUT2D eigenvalue weighted by Crippen LogP contribution is 2.39. The van der Waals surface area contributed by atoms with E-state index in [0.717, 1.165) is 36.9 Å². The Balaban J connectivity index is 1.55. The largest absolute Gasteiger partial charge is 0.341 e. The number of likely N-dealkylation sites (tertiary alicyclic amines) is 1. The molecule has 6 heteroatoms. The third kappa shape index (κ3) is 3.84. The lowest BCUT2D eigenvalue weighted by atomic mass is 9.83. The maximum absolute atomic E-state index is 13.7. The van der Waals surface area contributed by atoms with Crippen molar-refractivity contribution in [3.05, 3.63) is 41.7 Å². The van der Waals surface area contributed by atoms with Gasteiger partial charge in [-0.25, -0.2) is 0 Å². The van der Waals surface area contributed by atoms with Gasteiger partial charge < -0.3 is 9.47 Å². The lowest BCUT2D eigenvalue weighted by Gasteiger charge is -2.36. The van der Waals surface area contributed by atoms with Crippen molar-refractivity contribution in [2.45, 2.75) is 55.5 Å². The second kappa shape index (κ2) is 8.68. The van der Waals surface area contributed by atoms with Crippen LogP contribution in [0.4, 0.5) is 0 Å². The van der Waals surface area contributed by atoms with Gasteiger partial charge >= 0.3 is 0 Å². The van der Waals surface area contributed by atoms with Gasteiger partial charge in [-0.1, -0.05) is 54.9 Å². The summed E-state index contributed by atoms with van der Waals surface area (Å²) in [5, 5.41) is 9.67. The first-order chi connectivity index (χ1) is 13.7. The van der Waals surface area contributed by atoms with Crippen LogP contribution in [-0.4, -0.2) is 44.9 Å². The Morgan fingerprint density at radius 1 is 1.11 bits per heavy atom. The van der Waals surface area contributed by atoms with Crippen LogP contribution in [0, 0.1) is 5.92 Å². The Labute approximate surface area is 171 Å². The first kappa shape index (κ1) is 19.5. The number of aromatic nitrogens is 3. The van der Waals surface area contributed by atoms with Crippen molar-refractivity contribution in [1.82, 2.24) is 19.7 Å². The van der Waals surface area contributed by atoms with Gasteiger partial charge in [0.25, 0.3) is 0 Å². The van der Waals surface area contributed by atoms with E-state index in [2.05, 4.69) is 43.9 Å². The van der Waals surface area contributed by atoms with Crippen LogP contribution in [0.1, 0.15) is 61.7 Å². The molecule has 0 bridgehead atoms. The van der Waals surface area contributed by atoms with Crippen LogP contribution in [0.15, 0.2) is 35.5 Å². The summed E-state index contributed by atoms with van der Waals surface area (Å²) in [6.45, 7) is 1.62. The second-order valence-electron chi connectivity index (χ2n) is 8.16. The lowest BCUT2D eigenvalue weighted by molar-refractivity contribution is -0.135. The van der Waals surface area contributed by atoms with Gasteiger partial charge in [0.2, 0.25) is 5.91 Å². The third-order valence-electron chi connectivity index (χ3n) is 6.45. The Kier molecular flexibility index (Phi) is 6.04. The Hall–Kier alpha value is -1.82. The fraction of sp³-hybridized carbons (Fsp3) is 0.591. The van der Waals surface area contributed by atoms with E-state index in [1.807, 2.05) is 19.4 Å². The molecule has 1 saturated heterocycles. The molecule has 150 valence electrons. The number of piperidine rings is 1. The molecule has 2 heterocycles. The van der Waals surface area contributed by atoms with Crippen molar-refractivity contribution >= 4 is 17.7 Å². The summed E-state index contributed by atoms with van der Waals surface area (Å²) in [7, 11) is 2.03. The zero-order valence-electron chi connectivity index (χ0n) is 16.9. The quantitative estimate of drug-likeness (QED) is 0.708. The molecule has 4 rings (SSSR count). The number of carbonyl (C=O) groups is 1. The van der Waals surface area contributed by atoms with Gasteiger partial charge in [0.05, 0.1) is 5.92 Å².